The Kier molecular flexibility index (Phi) is 2.13. The highest BCUT2D eigenvalue weighted by atomic mass is 16.7. The maximum Gasteiger partial charge on any atom is 0.231 e. The molecule has 3 aliphatic rings. The zero-order valence-corrected chi connectivity index (χ0v) is 10.3. The molecule has 1 aliphatic heterocycles. The summed E-state index contributed by atoms with van der Waals surface area (Å²) in [6, 6.07) is 3.33. The highest BCUT2D eigenvalue weighted by molar-refractivity contribution is 6.02. The highest BCUT2D eigenvalue weighted by Crippen LogP contribution is 2.42. The van der Waals surface area contributed by atoms with Crippen molar-refractivity contribution in [2.45, 2.75) is 25.3 Å². The molecule has 1 fully saturated rings. The first-order chi connectivity index (χ1) is 9.22. The standard InChI is InChI=1S/C14H13NO4/c16-11-5-10(15-14(17)7-1-2-7)8-3-12-13(4-9(8)11)19-6-18-12/h3-4,7,10H,1-2,5-6H2,(H,15,17). The number of carbonyl (C=O) groups excluding carboxylic acids is 2. The number of fused-ring (bicyclic) bond motifs is 2. The normalized spacial score (nSPS) is 23.4. The van der Waals surface area contributed by atoms with Gasteiger partial charge < -0.3 is 14.8 Å². The number of ether oxygens (including phenoxy) is 2. The molecule has 1 atom stereocenters. The molecule has 1 amide bonds. The van der Waals surface area contributed by atoms with E-state index in [4.69, 9.17) is 9.47 Å². The van der Waals surface area contributed by atoms with Crippen LogP contribution in [0, 0.1) is 5.92 Å². The monoisotopic (exact) mass is 259 g/mol. The number of hydrogen-bond donors (Lipinski definition) is 1. The molecule has 1 heterocycles. The first-order valence-corrected chi connectivity index (χ1v) is 6.49. The van der Waals surface area contributed by atoms with Crippen LogP contribution >= 0.6 is 0 Å². The van der Waals surface area contributed by atoms with E-state index >= 15 is 0 Å². The van der Waals surface area contributed by atoms with Crippen molar-refractivity contribution >= 4 is 11.7 Å². The molecule has 1 N–H and O–H groups in total. The van der Waals surface area contributed by atoms with E-state index in [1.807, 2.05) is 6.07 Å². The summed E-state index contributed by atoms with van der Waals surface area (Å²) in [5.74, 6) is 1.52. The van der Waals surface area contributed by atoms with Crippen molar-refractivity contribution in [1.82, 2.24) is 5.32 Å². The zero-order chi connectivity index (χ0) is 13.0. The van der Waals surface area contributed by atoms with Gasteiger partial charge in [-0.2, -0.15) is 0 Å². The minimum absolute atomic E-state index is 0.0504. The third-order valence-electron chi connectivity index (χ3n) is 3.87. The summed E-state index contributed by atoms with van der Waals surface area (Å²) in [5.41, 5.74) is 1.49. The molecule has 98 valence electrons. The fourth-order valence-electron chi connectivity index (χ4n) is 2.66. The summed E-state index contributed by atoms with van der Waals surface area (Å²) in [6.45, 7) is 0.186. The van der Waals surface area contributed by atoms with Gasteiger partial charge in [0.2, 0.25) is 12.7 Å². The Labute approximate surface area is 109 Å². The number of nitrogens with one attached hydrogen (secondary N) is 1. The van der Waals surface area contributed by atoms with Crippen molar-refractivity contribution in [1.29, 1.82) is 0 Å². The van der Waals surface area contributed by atoms with Crippen LogP contribution in [0.15, 0.2) is 12.1 Å². The molecule has 5 nitrogen and oxygen atoms in total. The van der Waals surface area contributed by atoms with Crippen molar-refractivity contribution < 1.29 is 19.1 Å². The number of carbonyl (C=O) groups is 2. The average Bonchev–Trinajstić information content (AvgIpc) is 3.08. The number of amides is 1. The van der Waals surface area contributed by atoms with Crippen LogP contribution in [0.2, 0.25) is 0 Å². The van der Waals surface area contributed by atoms with Crippen molar-refractivity contribution in [3.8, 4) is 11.5 Å². The van der Waals surface area contributed by atoms with E-state index < -0.39 is 0 Å². The predicted molar refractivity (Wildman–Crippen MR) is 65.1 cm³/mol. The molecule has 0 bridgehead atoms. The second kappa shape index (κ2) is 3.73. The first kappa shape index (κ1) is 10.8. The van der Waals surface area contributed by atoms with Gasteiger partial charge in [0, 0.05) is 17.9 Å². The first-order valence-electron chi connectivity index (χ1n) is 6.49. The molecule has 1 saturated carbocycles. The Bertz CT molecular complexity index is 591. The van der Waals surface area contributed by atoms with E-state index in [-0.39, 0.29) is 30.4 Å². The van der Waals surface area contributed by atoms with Gasteiger partial charge in [-0.05, 0) is 30.5 Å². The number of Topliss-reactive ketones (excluding diaryl/α,β-unsaturated/α-hetero) is 1. The lowest BCUT2D eigenvalue weighted by Crippen LogP contribution is -2.28. The van der Waals surface area contributed by atoms with Gasteiger partial charge in [0.25, 0.3) is 0 Å². The minimum atomic E-state index is -0.218. The Hall–Kier alpha value is -2.04. The number of rotatable bonds is 2. The van der Waals surface area contributed by atoms with Crippen molar-refractivity contribution in [2.24, 2.45) is 5.92 Å². The number of hydrogen-bond acceptors (Lipinski definition) is 4. The van der Waals surface area contributed by atoms with Gasteiger partial charge in [0.1, 0.15) is 0 Å². The quantitative estimate of drug-likeness (QED) is 0.875. The van der Waals surface area contributed by atoms with Crippen LogP contribution in [0.4, 0.5) is 0 Å². The highest BCUT2D eigenvalue weighted by Gasteiger charge is 2.36. The van der Waals surface area contributed by atoms with Gasteiger partial charge in [-0.15, -0.1) is 0 Å². The topological polar surface area (TPSA) is 64.6 Å². The van der Waals surface area contributed by atoms with Crippen LogP contribution in [0.5, 0.6) is 11.5 Å². The lowest BCUT2D eigenvalue weighted by atomic mass is 10.1. The molecule has 5 heteroatoms. The Morgan fingerprint density at radius 1 is 1.21 bits per heavy atom. The molecule has 1 aromatic rings. The van der Waals surface area contributed by atoms with Crippen molar-refractivity contribution in [3.63, 3.8) is 0 Å². The maximum absolute atomic E-state index is 12.0. The van der Waals surface area contributed by atoms with Crippen molar-refractivity contribution in [2.75, 3.05) is 6.79 Å². The minimum Gasteiger partial charge on any atom is -0.454 e. The van der Waals surface area contributed by atoms with Gasteiger partial charge in [0.15, 0.2) is 17.3 Å². The number of ketones is 1. The van der Waals surface area contributed by atoms with E-state index in [9.17, 15) is 9.59 Å². The molecule has 19 heavy (non-hydrogen) atoms. The largest absolute Gasteiger partial charge is 0.454 e. The molecule has 4 rings (SSSR count). The van der Waals surface area contributed by atoms with Gasteiger partial charge in [-0.1, -0.05) is 0 Å². The summed E-state index contributed by atoms with van der Waals surface area (Å²) >= 11 is 0. The Morgan fingerprint density at radius 2 is 1.95 bits per heavy atom. The second-order valence-corrected chi connectivity index (χ2v) is 5.26. The van der Waals surface area contributed by atoms with E-state index in [2.05, 4.69) is 5.32 Å². The molecule has 1 aromatic carbocycles. The predicted octanol–water partition coefficient (Wildman–Crippen LogP) is 1.57. The summed E-state index contributed by atoms with van der Waals surface area (Å²) in [4.78, 5) is 23.8. The summed E-state index contributed by atoms with van der Waals surface area (Å²) in [7, 11) is 0. The van der Waals surface area contributed by atoms with Crippen LogP contribution in [0.3, 0.4) is 0 Å². The van der Waals surface area contributed by atoms with Crippen LogP contribution in [-0.4, -0.2) is 18.5 Å². The number of benzene rings is 1. The molecule has 2 aliphatic carbocycles. The molecule has 0 radical (unpaired) electrons. The third-order valence-corrected chi connectivity index (χ3v) is 3.87. The van der Waals surface area contributed by atoms with Gasteiger partial charge >= 0.3 is 0 Å². The van der Waals surface area contributed by atoms with Crippen LogP contribution in [-0.2, 0) is 4.79 Å². The van der Waals surface area contributed by atoms with Gasteiger partial charge in [-0.25, -0.2) is 0 Å². The lowest BCUT2D eigenvalue weighted by molar-refractivity contribution is -0.123. The van der Waals surface area contributed by atoms with Gasteiger partial charge in [-0.3, -0.25) is 9.59 Å². The average molecular weight is 259 g/mol. The SMILES string of the molecule is O=C1CC(NC(=O)C2CC2)c2cc3c(cc21)OCO3. The third kappa shape index (κ3) is 1.69. The fraction of sp³-hybridized carbons (Fsp3) is 0.429. The van der Waals surface area contributed by atoms with E-state index in [1.165, 1.54) is 0 Å². The fourth-order valence-corrected chi connectivity index (χ4v) is 2.66. The second-order valence-electron chi connectivity index (χ2n) is 5.26. The van der Waals surface area contributed by atoms with Crippen molar-refractivity contribution in [3.05, 3.63) is 23.3 Å². The zero-order valence-electron chi connectivity index (χ0n) is 10.3. The molecule has 0 aromatic heterocycles. The molecular formula is C14H13NO4. The van der Waals surface area contributed by atoms with Crippen LogP contribution in [0.25, 0.3) is 0 Å². The van der Waals surface area contributed by atoms with E-state index in [0.29, 0.717) is 23.5 Å². The molecule has 0 spiro atoms. The lowest BCUT2D eigenvalue weighted by Gasteiger charge is -2.13. The molecular weight excluding hydrogens is 246 g/mol. The molecule has 1 unspecified atom stereocenters. The maximum atomic E-state index is 12.0. The van der Waals surface area contributed by atoms with E-state index in [1.54, 1.807) is 6.07 Å². The van der Waals surface area contributed by atoms with Crippen LogP contribution < -0.4 is 14.8 Å². The van der Waals surface area contributed by atoms with Gasteiger partial charge in [0.05, 0.1) is 6.04 Å². The van der Waals surface area contributed by atoms with E-state index in [0.717, 1.165) is 18.4 Å². The Balaban J connectivity index is 1.67. The summed E-state index contributed by atoms with van der Waals surface area (Å²) < 4.78 is 10.6. The smallest absolute Gasteiger partial charge is 0.231 e. The Morgan fingerprint density at radius 3 is 2.68 bits per heavy atom. The summed E-state index contributed by atoms with van der Waals surface area (Å²) in [5, 5.41) is 2.96. The molecule has 0 saturated heterocycles. The summed E-state index contributed by atoms with van der Waals surface area (Å²) in [6.07, 6.45) is 2.25. The van der Waals surface area contributed by atoms with Crippen LogP contribution in [0.1, 0.15) is 41.2 Å².